The molecule has 0 bridgehead atoms. The van der Waals surface area contributed by atoms with Crippen LogP contribution in [0.3, 0.4) is 0 Å². The fraction of sp³-hybridized carbons (Fsp3) is 0.889. The summed E-state index contributed by atoms with van der Waals surface area (Å²) in [4.78, 5) is 24.6. The van der Waals surface area contributed by atoms with Crippen LogP contribution in [0.4, 0.5) is 0 Å². The molecule has 3 N–H and O–H groups in total. The van der Waals surface area contributed by atoms with Gasteiger partial charge in [-0.2, -0.15) is 0 Å². The number of allylic oxidation sites excluding steroid dienone is 6. The molecule has 0 heterocycles. The molecular formula is C72H137NO5. The topological polar surface area (TPSA) is 95.9 Å². The number of aliphatic hydroxyl groups excluding tert-OH is 2. The van der Waals surface area contributed by atoms with Gasteiger partial charge in [0.25, 0.3) is 0 Å². The highest BCUT2D eigenvalue weighted by Crippen LogP contribution is 2.18. The number of hydrogen-bond acceptors (Lipinski definition) is 5. The first-order valence-electron chi connectivity index (χ1n) is 35.2. The number of aliphatic hydroxyl groups is 2. The van der Waals surface area contributed by atoms with E-state index in [2.05, 4.69) is 55.6 Å². The van der Waals surface area contributed by atoms with Gasteiger partial charge in [0.05, 0.1) is 25.4 Å². The number of carbonyl (C=O) groups is 2. The number of unbranched alkanes of at least 4 members (excludes halogenated alkanes) is 49. The molecule has 0 rings (SSSR count). The molecule has 0 aromatic carbocycles. The zero-order valence-corrected chi connectivity index (χ0v) is 52.7. The monoisotopic (exact) mass is 1100 g/mol. The summed E-state index contributed by atoms with van der Waals surface area (Å²) >= 11 is 0. The fourth-order valence-corrected chi connectivity index (χ4v) is 11.0. The number of hydrogen-bond donors (Lipinski definition) is 3. The van der Waals surface area contributed by atoms with Crippen LogP contribution >= 0.6 is 0 Å². The van der Waals surface area contributed by atoms with E-state index in [1.165, 1.54) is 295 Å². The Hall–Kier alpha value is -1.92. The molecule has 0 radical (unpaired) electrons. The molecular weight excluding hydrogens is 959 g/mol. The minimum absolute atomic E-state index is 0.00728. The first kappa shape index (κ1) is 76.1. The lowest BCUT2D eigenvalue weighted by Gasteiger charge is -2.22. The Kier molecular flexibility index (Phi) is 65.9. The van der Waals surface area contributed by atoms with Crippen molar-refractivity contribution >= 4 is 11.9 Å². The van der Waals surface area contributed by atoms with Crippen LogP contribution in [0.5, 0.6) is 0 Å². The molecule has 0 saturated heterocycles. The van der Waals surface area contributed by atoms with E-state index in [1.54, 1.807) is 0 Å². The highest BCUT2D eigenvalue weighted by molar-refractivity contribution is 5.76. The lowest BCUT2D eigenvalue weighted by atomic mass is 10.0. The van der Waals surface area contributed by atoms with Crippen molar-refractivity contribution in [2.45, 2.75) is 398 Å². The molecule has 0 aromatic heterocycles. The number of carbonyl (C=O) groups excluding carboxylic acids is 2. The second-order valence-electron chi connectivity index (χ2n) is 24.2. The highest BCUT2D eigenvalue weighted by atomic mass is 16.5. The maximum absolute atomic E-state index is 12.5. The molecule has 0 aliphatic carbocycles. The summed E-state index contributed by atoms with van der Waals surface area (Å²) in [6.07, 6.45) is 86.1. The van der Waals surface area contributed by atoms with E-state index in [9.17, 15) is 19.8 Å². The summed E-state index contributed by atoms with van der Waals surface area (Å²) in [5.74, 6) is -0.0349. The summed E-state index contributed by atoms with van der Waals surface area (Å²) in [5.41, 5.74) is 0. The van der Waals surface area contributed by atoms with Crippen molar-refractivity contribution in [2.24, 2.45) is 0 Å². The molecule has 0 saturated carbocycles. The quantitative estimate of drug-likeness (QED) is 0.0320. The van der Waals surface area contributed by atoms with Gasteiger partial charge in [0, 0.05) is 12.8 Å². The third-order valence-corrected chi connectivity index (χ3v) is 16.4. The smallest absolute Gasteiger partial charge is 0.305 e. The lowest BCUT2D eigenvalue weighted by Crippen LogP contribution is -2.45. The van der Waals surface area contributed by atoms with Crippen LogP contribution in [-0.2, 0) is 14.3 Å². The van der Waals surface area contributed by atoms with E-state index in [0.717, 1.165) is 57.8 Å². The first-order valence-corrected chi connectivity index (χ1v) is 35.2. The van der Waals surface area contributed by atoms with E-state index in [4.69, 9.17) is 4.74 Å². The Morgan fingerprint density at radius 3 is 0.987 bits per heavy atom. The van der Waals surface area contributed by atoms with Gasteiger partial charge in [0.2, 0.25) is 5.91 Å². The van der Waals surface area contributed by atoms with E-state index < -0.39 is 12.1 Å². The van der Waals surface area contributed by atoms with Crippen molar-refractivity contribution in [1.82, 2.24) is 5.32 Å². The molecule has 0 fully saturated rings. The number of nitrogens with one attached hydrogen (secondary N) is 1. The van der Waals surface area contributed by atoms with Crippen LogP contribution in [0, 0.1) is 0 Å². The first-order chi connectivity index (χ1) is 38.5. The standard InChI is InChI=1S/C72H137NO5/c1-3-5-7-9-11-13-15-17-19-21-28-32-36-40-44-48-52-56-60-64-70(75)69(68-74)73-71(76)65-61-57-53-49-45-41-37-33-30-26-24-23-25-27-31-35-39-43-47-51-55-59-63-67-78-72(77)66-62-58-54-50-46-42-38-34-29-22-20-18-16-14-12-10-8-6-4-2/h18,20,23,25-26,30,69-70,74-75H,3-17,19,21-22,24,27-29,31-68H2,1-2H3,(H,73,76)/b20-18-,25-23-,30-26-. The maximum atomic E-state index is 12.5. The fourth-order valence-electron chi connectivity index (χ4n) is 11.0. The van der Waals surface area contributed by atoms with Crippen molar-refractivity contribution in [3.8, 4) is 0 Å². The molecule has 1 amide bonds. The van der Waals surface area contributed by atoms with Gasteiger partial charge < -0.3 is 20.3 Å². The molecule has 6 nitrogen and oxygen atoms in total. The van der Waals surface area contributed by atoms with Crippen molar-refractivity contribution in [1.29, 1.82) is 0 Å². The van der Waals surface area contributed by atoms with Gasteiger partial charge in [-0.15, -0.1) is 0 Å². The Bertz CT molecular complexity index is 1260. The summed E-state index contributed by atoms with van der Waals surface area (Å²) in [7, 11) is 0. The zero-order chi connectivity index (χ0) is 56.4. The van der Waals surface area contributed by atoms with E-state index in [1.807, 2.05) is 0 Å². The third kappa shape index (κ3) is 63.3. The van der Waals surface area contributed by atoms with Crippen LogP contribution < -0.4 is 5.32 Å². The van der Waals surface area contributed by atoms with Gasteiger partial charge in [0.1, 0.15) is 0 Å². The summed E-state index contributed by atoms with van der Waals surface area (Å²) in [5, 5.41) is 23.4. The summed E-state index contributed by atoms with van der Waals surface area (Å²) in [6, 6.07) is -0.550. The second-order valence-corrected chi connectivity index (χ2v) is 24.2. The minimum Gasteiger partial charge on any atom is -0.466 e. The van der Waals surface area contributed by atoms with Crippen LogP contribution in [0.1, 0.15) is 386 Å². The van der Waals surface area contributed by atoms with Crippen molar-refractivity contribution < 1.29 is 24.5 Å². The van der Waals surface area contributed by atoms with E-state index in [0.29, 0.717) is 25.9 Å². The molecule has 0 aliphatic heterocycles. The summed E-state index contributed by atoms with van der Waals surface area (Å²) < 4.78 is 5.50. The molecule has 2 unspecified atom stereocenters. The molecule has 460 valence electrons. The number of rotatable bonds is 66. The van der Waals surface area contributed by atoms with Crippen LogP contribution in [0.15, 0.2) is 36.5 Å². The molecule has 0 aliphatic rings. The van der Waals surface area contributed by atoms with Gasteiger partial charge in [-0.1, -0.05) is 326 Å². The third-order valence-electron chi connectivity index (χ3n) is 16.4. The van der Waals surface area contributed by atoms with Crippen LogP contribution in [0.2, 0.25) is 0 Å². The second kappa shape index (κ2) is 67.6. The van der Waals surface area contributed by atoms with Crippen molar-refractivity contribution in [3.05, 3.63) is 36.5 Å². The number of amides is 1. The lowest BCUT2D eigenvalue weighted by molar-refractivity contribution is -0.143. The molecule has 0 spiro atoms. The number of esters is 1. The molecule has 6 heteroatoms. The SMILES string of the molecule is CCCCCCCC/C=C\CCCCCCCCCCCC(=O)OCCCCCCCCCCC/C=C\C/C=C\CCCCCCCCCC(=O)NC(CO)C(O)CCCCCCCCCCCCCCCCCCCCC. The van der Waals surface area contributed by atoms with Gasteiger partial charge in [-0.05, 0) is 83.5 Å². The average Bonchev–Trinajstić information content (AvgIpc) is 3.44. The largest absolute Gasteiger partial charge is 0.466 e. The Labute approximate surface area is 487 Å². The normalized spacial score (nSPS) is 12.7. The molecule has 2 atom stereocenters. The predicted octanol–water partition coefficient (Wildman–Crippen LogP) is 22.7. The van der Waals surface area contributed by atoms with Crippen LogP contribution in [0.25, 0.3) is 0 Å². The van der Waals surface area contributed by atoms with Crippen LogP contribution in [-0.4, -0.2) is 47.4 Å². The molecule has 0 aromatic rings. The van der Waals surface area contributed by atoms with Gasteiger partial charge >= 0.3 is 5.97 Å². The van der Waals surface area contributed by atoms with Gasteiger partial charge in [-0.3, -0.25) is 9.59 Å². The Balaban J connectivity index is 3.43. The Morgan fingerprint density at radius 2 is 0.641 bits per heavy atom. The predicted molar refractivity (Wildman–Crippen MR) is 343 cm³/mol. The summed E-state index contributed by atoms with van der Waals surface area (Å²) in [6.45, 7) is 4.97. The Morgan fingerprint density at radius 1 is 0.359 bits per heavy atom. The van der Waals surface area contributed by atoms with Crippen molar-refractivity contribution in [2.75, 3.05) is 13.2 Å². The van der Waals surface area contributed by atoms with E-state index in [-0.39, 0.29) is 18.5 Å². The average molecular weight is 1100 g/mol. The molecule has 78 heavy (non-hydrogen) atoms. The number of ether oxygens (including phenoxy) is 1. The highest BCUT2D eigenvalue weighted by Gasteiger charge is 2.20. The van der Waals surface area contributed by atoms with Crippen molar-refractivity contribution in [3.63, 3.8) is 0 Å². The minimum atomic E-state index is -0.672. The zero-order valence-electron chi connectivity index (χ0n) is 52.7. The maximum Gasteiger partial charge on any atom is 0.305 e. The van der Waals surface area contributed by atoms with Gasteiger partial charge in [-0.25, -0.2) is 0 Å². The van der Waals surface area contributed by atoms with Gasteiger partial charge in [0.15, 0.2) is 0 Å². The van der Waals surface area contributed by atoms with E-state index >= 15 is 0 Å².